The fraction of sp³-hybridized carbons (Fsp3) is 0.118. The summed E-state index contributed by atoms with van der Waals surface area (Å²) in [6.07, 6.45) is 0. The Morgan fingerprint density at radius 3 is 2.21 bits per heavy atom. The molecule has 0 unspecified atom stereocenters. The molecule has 94 valence electrons. The highest BCUT2D eigenvalue weighted by atomic mass is 16.4. The minimum Gasteiger partial charge on any atom is -0.481 e. The number of carboxylic acids is 1. The van der Waals surface area contributed by atoms with Gasteiger partial charge in [-0.25, -0.2) is 0 Å². The quantitative estimate of drug-likeness (QED) is 0.693. The van der Waals surface area contributed by atoms with Crippen LogP contribution in [0.4, 0.5) is 0 Å². The second-order valence-electron chi connectivity index (χ2n) is 4.79. The minimum atomic E-state index is -0.791. The summed E-state index contributed by atoms with van der Waals surface area (Å²) >= 11 is 0. The smallest absolute Gasteiger partial charge is 0.310 e. The molecule has 0 saturated carbocycles. The molecular formula is C17H14O2. The zero-order chi connectivity index (χ0) is 13.4. The predicted octanol–water partition coefficient (Wildman–Crippen LogP) is 4.18. The van der Waals surface area contributed by atoms with Crippen LogP contribution in [0.25, 0.3) is 21.5 Å². The second-order valence-corrected chi connectivity index (χ2v) is 4.79. The standard InChI is InChI=1S/C17H14O2/c1-11(17(18)19)16-10-12-6-2-3-7-13(12)14-8-4-5-9-15(14)16/h2-11H,1H3,(H,18,19)/t11-/m0/s1. The number of aliphatic carboxylic acids is 1. The van der Waals surface area contributed by atoms with Crippen molar-refractivity contribution >= 4 is 27.5 Å². The molecule has 0 aliphatic heterocycles. The number of hydrogen-bond donors (Lipinski definition) is 1. The van der Waals surface area contributed by atoms with Crippen LogP contribution in [0.3, 0.4) is 0 Å². The van der Waals surface area contributed by atoms with Gasteiger partial charge in [0.2, 0.25) is 0 Å². The van der Waals surface area contributed by atoms with Crippen molar-refractivity contribution in [3.63, 3.8) is 0 Å². The fourth-order valence-corrected chi connectivity index (χ4v) is 2.57. The molecule has 0 aromatic heterocycles. The molecule has 3 aromatic rings. The molecule has 0 aliphatic rings. The average molecular weight is 250 g/mol. The highest BCUT2D eigenvalue weighted by Crippen LogP contribution is 2.32. The molecule has 0 bridgehead atoms. The van der Waals surface area contributed by atoms with E-state index in [-0.39, 0.29) is 0 Å². The van der Waals surface area contributed by atoms with Gasteiger partial charge in [-0.3, -0.25) is 4.79 Å². The van der Waals surface area contributed by atoms with E-state index in [2.05, 4.69) is 12.1 Å². The van der Waals surface area contributed by atoms with Crippen LogP contribution in [0.2, 0.25) is 0 Å². The van der Waals surface area contributed by atoms with Crippen molar-refractivity contribution in [1.82, 2.24) is 0 Å². The van der Waals surface area contributed by atoms with Crippen LogP contribution in [0.1, 0.15) is 18.4 Å². The summed E-state index contributed by atoms with van der Waals surface area (Å²) in [5.74, 6) is -1.30. The van der Waals surface area contributed by atoms with Crippen LogP contribution in [0.15, 0.2) is 54.6 Å². The first-order valence-electron chi connectivity index (χ1n) is 6.31. The highest BCUT2D eigenvalue weighted by Gasteiger charge is 2.17. The van der Waals surface area contributed by atoms with E-state index in [1.807, 2.05) is 42.5 Å². The molecule has 3 aromatic carbocycles. The first kappa shape index (κ1) is 11.7. The SMILES string of the molecule is C[C@H](C(=O)O)c1cc2ccccc2c2ccccc12. The Morgan fingerprint density at radius 2 is 1.53 bits per heavy atom. The average Bonchev–Trinajstić information content (AvgIpc) is 2.45. The predicted molar refractivity (Wildman–Crippen MR) is 77.5 cm³/mol. The van der Waals surface area contributed by atoms with Crippen molar-refractivity contribution in [3.05, 3.63) is 60.2 Å². The molecule has 0 saturated heterocycles. The summed E-state index contributed by atoms with van der Waals surface area (Å²) < 4.78 is 0. The van der Waals surface area contributed by atoms with E-state index in [4.69, 9.17) is 0 Å². The van der Waals surface area contributed by atoms with Gasteiger partial charge in [0.25, 0.3) is 0 Å². The summed E-state index contributed by atoms with van der Waals surface area (Å²) in [5.41, 5.74) is 0.877. The van der Waals surface area contributed by atoms with E-state index in [0.717, 1.165) is 21.7 Å². The first-order chi connectivity index (χ1) is 9.18. The molecular weight excluding hydrogens is 236 g/mol. The summed E-state index contributed by atoms with van der Waals surface area (Å²) in [6, 6.07) is 18.1. The maximum absolute atomic E-state index is 11.3. The lowest BCUT2D eigenvalue weighted by Crippen LogP contribution is -2.08. The molecule has 2 nitrogen and oxygen atoms in total. The van der Waals surface area contributed by atoms with Crippen molar-refractivity contribution in [2.24, 2.45) is 0 Å². The van der Waals surface area contributed by atoms with Gasteiger partial charge in [0.1, 0.15) is 0 Å². The number of carbonyl (C=O) groups is 1. The van der Waals surface area contributed by atoms with Crippen LogP contribution in [-0.2, 0) is 4.79 Å². The van der Waals surface area contributed by atoms with Gasteiger partial charge in [-0.2, -0.15) is 0 Å². The Hall–Kier alpha value is -2.35. The maximum atomic E-state index is 11.3. The van der Waals surface area contributed by atoms with Crippen molar-refractivity contribution in [2.45, 2.75) is 12.8 Å². The minimum absolute atomic E-state index is 0.505. The third-order valence-electron chi connectivity index (χ3n) is 3.64. The van der Waals surface area contributed by atoms with Gasteiger partial charge in [-0.15, -0.1) is 0 Å². The summed E-state index contributed by atoms with van der Waals surface area (Å²) in [7, 11) is 0. The van der Waals surface area contributed by atoms with Gasteiger partial charge in [0, 0.05) is 0 Å². The number of benzene rings is 3. The van der Waals surface area contributed by atoms with E-state index >= 15 is 0 Å². The molecule has 0 spiro atoms. The number of hydrogen-bond acceptors (Lipinski definition) is 1. The third-order valence-corrected chi connectivity index (χ3v) is 3.64. The van der Waals surface area contributed by atoms with Crippen LogP contribution in [0, 0.1) is 0 Å². The van der Waals surface area contributed by atoms with Crippen LogP contribution < -0.4 is 0 Å². The van der Waals surface area contributed by atoms with E-state index in [1.165, 1.54) is 5.39 Å². The van der Waals surface area contributed by atoms with Crippen molar-refractivity contribution in [3.8, 4) is 0 Å². The molecule has 0 amide bonds. The van der Waals surface area contributed by atoms with Crippen LogP contribution in [-0.4, -0.2) is 11.1 Å². The summed E-state index contributed by atoms with van der Waals surface area (Å²) in [6.45, 7) is 1.74. The van der Waals surface area contributed by atoms with E-state index in [9.17, 15) is 9.90 Å². The number of carboxylic acid groups (broad SMARTS) is 1. The van der Waals surface area contributed by atoms with E-state index in [1.54, 1.807) is 6.92 Å². The zero-order valence-electron chi connectivity index (χ0n) is 10.6. The second kappa shape index (κ2) is 4.39. The molecule has 0 fully saturated rings. The van der Waals surface area contributed by atoms with Gasteiger partial charge in [-0.05, 0) is 40.1 Å². The Kier molecular flexibility index (Phi) is 2.71. The lowest BCUT2D eigenvalue weighted by Gasteiger charge is -2.13. The molecule has 0 aliphatic carbocycles. The van der Waals surface area contributed by atoms with Gasteiger partial charge in [-0.1, -0.05) is 48.5 Å². The maximum Gasteiger partial charge on any atom is 0.310 e. The summed E-state index contributed by atoms with van der Waals surface area (Å²) in [5, 5.41) is 13.7. The van der Waals surface area contributed by atoms with E-state index in [0.29, 0.717) is 0 Å². The van der Waals surface area contributed by atoms with Crippen molar-refractivity contribution in [1.29, 1.82) is 0 Å². The lowest BCUT2D eigenvalue weighted by molar-refractivity contribution is -0.138. The fourth-order valence-electron chi connectivity index (χ4n) is 2.57. The molecule has 0 heterocycles. The third kappa shape index (κ3) is 1.85. The van der Waals surface area contributed by atoms with Gasteiger partial charge in [0.05, 0.1) is 5.92 Å². The number of rotatable bonds is 2. The van der Waals surface area contributed by atoms with Gasteiger partial charge >= 0.3 is 5.97 Å². The normalized spacial score (nSPS) is 12.7. The van der Waals surface area contributed by atoms with E-state index < -0.39 is 11.9 Å². The van der Waals surface area contributed by atoms with Crippen LogP contribution in [0.5, 0.6) is 0 Å². The monoisotopic (exact) mass is 250 g/mol. The molecule has 1 N–H and O–H groups in total. The van der Waals surface area contributed by atoms with Crippen LogP contribution >= 0.6 is 0 Å². The van der Waals surface area contributed by atoms with Crippen molar-refractivity contribution in [2.75, 3.05) is 0 Å². The molecule has 2 heteroatoms. The Balaban J connectivity index is 2.45. The Labute approximate surface area is 111 Å². The van der Waals surface area contributed by atoms with Gasteiger partial charge in [0.15, 0.2) is 0 Å². The first-order valence-corrected chi connectivity index (χ1v) is 6.31. The Morgan fingerprint density at radius 1 is 0.947 bits per heavy atom. The number of fused-ring (bicyclic) bond motifs is 3. The zero-order valence-corrected chi connectivity index (χ0v) is 10.6. The molecule has 19 heavy (non-hydrogen) atoms. The topological polar surface area (TPSA) is 37.3 Å². The largest absolute Gasteiger partial charge is 0.481 e. The summed E-state index contributed by atoms with van der Waals surface area (Å²) in [4.78, 5) is 11.3. The molecule has 0 radical (unpaired) electrons. The lowest BCUT2D eigenvalue weighted by atomic mass is 9.91. The Bertz CT molecular complexity index is 774. The highest BCUT2D eigenvalue weighted by molar-refractivity contribution is 6.10. The van der Waals surface area contributed by atoms with Crippen molar-refractivity contribution < 1.29 is 9.90 Å². The molecule has 1 atom stereocenters. The van der Waals surface area contributed by atoms with Gasteiger partial charge < -0.3 is 5.11 Å². The molecule has 3 rings (SSSR count).